The SMILES string of the molecule is COC(=O)CNC(=O)CSc1nc2ccc(Br)cc2c(=O)n1CC(C)C. The number of esters is 1. The van der Waals surface area contributed by atoms with Crippen molar-refractivity contribution < 1.29 is 14.3 Å². The molecule has 0 saturated carbocycles. The molecule has 0 radical (unpaired) electrons. The van der Waals surface area contributed by atoms with E-state index in [2.05, 4.69) is 31.0 Å². The van der Waals surface area contributed by atoms with Gasteiger partial charge in [0.05, 0.1) is 23.8 Å². The average Bonchev–Trinajstić information content (AvgIpc) is 2.60. The summed E-state index contributed by atoms with van der Waals surface area (Å²) in [5, 5.41) is 3.47. The highest BCUT2D eigenvalue weighted by Crippen LogP contribution is 2.21. The number of aromatic nitrogens is 2. The maximum absolute atomic E-state index is 12.9. The third kappa shape index (κ3) is 5.31. The van der Waals surface area contributed by atoms with E-state index in [1.165, 1.54) is 18.9 Å². The Balaban J connectivity index is 2.27. The van der Waals surface area contributed by atoms with E-state index >= 15 is 0 Å². The highest BCUT2D eigenvalue weighted by atomic mass is 79.9. The first-order valence-corrected chi connectivity index (χ1v) is 9.76. The highest BCUT2D eigenvalue weighted by molar-refractivity contribution is 9.10. The molecule has 1 heterocycles. The average molecular weight is 442 g/mol. The number of methoxy groups -OCH3 is 1. The number of amides is 1. The number of benzene rings is 1. The lowest BCUT2D eigenvalue weighted by atomic mass is 10.2. The van der Waals surface area contributed by atoms with Gasteiger partial charge in [-0.25, -0.2) is 4.98 Å². The standard InChI is InChI=1S/C17H20BrN3O4S/c1-10(2)8-21-16(24)12-6-11(18)4-5-13(12)20-17(21)26-9-14(22)19-7-15(23)25-3/h4-6,10H,7-9H2,1-3H3,(H,19,22). The van der Waals surface area contributed by atoms with Crippen molar-refractivity contribution in [3.8, 4) is 0 Å². The van der Waals surface area contributed by atoms with Crippen LogP contribution in [0.1, 0.15) is 13.8 Å². The summed E-state index contributed by atoms with van der Waals surface area (Å²) < 4.78 is 6.88. The first-order valence-electron chi connectivity index (χ1n) is 7.98. The molecule has 26 heavy (non-hydrogen) atoms. The Labute approximate surface area is 163 Å². The molecule has 0 unspecified atom stereocenters. The van der Waals surface area contributed by atoms with Crippen LogP contribution < -0.4 is 10.9 Å². The number of hydrogen-bond donors (Lipinski definition) is 1. The lowest BCUT2D eigenvalue weighted by molar-refractivity contribution is -0.140. The number of hydrogen-bond acceptors (Lipinski definition) is 6. The molecule has 0 aliphatic heterocycles. The van der Waals surface area contributed by atoms with E-state index in [9.17, 15) is 14.4 Å². The van der Waals surface area contributed by atoms with Crippen molar-refractivity contribution in [3.05, 3.63) is 33.0 Å². The van der Waals surface area contributed by atoms with Gasteiger partial charge in [-0.15, -0.1) is 0 Å². The van der Waals surface area contributed by atoms with Crippen molar-refractivity contribution >= 4 is 50.5 Å². The largest absolute Gasteiger partial charge is 0.468 e. The van der Waals surface area contributed by atoms with Crippen LogP contribution >= 0.6 is 27.7 Å². The van der Waals surface area contributed by atoms with E-state index in [4.69, 9.17) is 0 Å². The molecule has 140 valence electrons. The van der Waals surface area contributed by atoms with Crippen molar-refractivity contribution in [1.82, 2.24) is 14.9 Å². The molecule has 7 nitrogen and oxygen atoms in total. The monoisotopic (exact) mass is 441 g/mol. The minimum absolute atomic E-state index is 0.0452. The summed E-state index contributed by atoms with van der Waals surface area (Å²) in [4.78, 5) is 40.4. The number of nitrogens with one attached hydrogen (secondary N) is 1. The molecule has 1 amide bonds. The van der Waals surface area contributed by atoms with Gasteiger partial charge < -0.3 is 10.1 Å². The van der Waals surface area contributed by atoms with Gasteiger partial charge >= 0.3 is 5.97 Å². The van der Waals surface area contributed by atoms with E-state index in [1.807, 2.05) is 19.9 Å². The van der Waals surface area contributed by atoms with Crippen LogP contribution in [0.15, 0.2) is 32.6 Å². The lowest BCUT2D eigenvalue weighted by Gasteiger charge is -2.15. The number of carbonyl (C=O) groups excluding carboxylic acids is 2. The van der Waals surface area contributed by atoms with Crippen LogP contribution in [0.3, 0.4) is 0 Å². The maximum Gasteiger partial charge on any atom is 0.325 e. The van der Waals surface area contributed by atoms with Crippen LogP contribution in [-0.2, 0) is 20.9 Å². The Bertz CT molecular complexity index is 882. The van der Waals surface area contributed by atoms with Gasteiger partial charge in [-0.3, -0.25) is 19.0 Å². The smallest absolute Gasteiger partial charge is 0.325 e. The van der Waals surface area contributed by atoms with Crippen molar-refractivity contribution in [1.29, 1.82) is 0 Å². The fourth-order valence-electron chi connectivity index (χ4n) is 2.23. The van der Waals surface area contributed by atoms with Gasteiger partial charge in [-0.05, 0) is 24.1 Å². The Hall–Kier alpha value is -1.87. The van der Waals surface area contributed by atoms with Gasteiger partial charge in [0, 0.05) is 11.0 Å². The molecule has 0 aliphatic rings. The van der Waals surface area contributed by atoms with Crippen molar-refractivity contribution in [2.45, 2.75) is 25.5 Å². The molecule has 0 bridgehead atoms. The van der Waals surface area contributed by atoms with Gasteiger partial charge in [0.1, 0.15) is 6.54 Å². The predicted molar refractivity (Wildman–Crippen MR) is 104 cm³/mol. The molecule has 2 aromatic rings. The first-order chi connectivity index (χ1) is 12.3. The number of halogens is 1. The molecule has 1 aromatic carbocycles. The molecule has 2 rings (SSSR count). The number of rotatable bonds is 7. The number of carbonyl (C=O) groups is 2. The number of nitrogens with zero attached hydrogens (tertiary/aromatic N) is 2. The van der Waals surface area contributed by atoms with Crippen molar-refractivity contribution in [2.24, 2.45) is 5.92 Å². The van der Waals surface area contributed by atoms with Crippen molar-refractivity contribution in [2.75, 3.05) is 19.4 Å². The summed E-state index contributed by atoms with van der Waals surface area (Å²) in [6.45, 7) is 4.33. The minimum atomic E-state index is -0.519. The Morgan fingerprint density at radius 1 is 1.38 bits per heavy atom. The zero-order valence-electron chi connectivity index (χ0n) is 14.7. The van der Waals surface area contributed by atoms with Gasteiger partial charge in [-0.2, -0.15) is 0 Å². The summed E-state index contributed by atoms with van der Waals surface area (Å²) in [6, 6.07) is 5.33. The second kappa shape index (κ2) is 9.18. The van der Waals surface area contributed by atoms with Crippen LogP contribution in [0.5, 0.6) is 0 Å². The van der Waals surface area contributed by atoms with Gasteiger partial charge in [-0.1, -0.05) is 41.5 Å². The summed E-state index contributed by atoms with van der Waals surface area (Å²) in [6.07, 6.45) is 0. The maximum atomic E-state index is 12.9. The van der Waals surface area contributed by atoms with Crippen LogP contribution in [0.25, 0.3) is 10.9 Å². The summed E-state index contributed by atoms with van der Waals surface area (Å²) >= 11 is 4.54. The molecule has 0 saturated heterocycles. The summed E-state index contributed by atoms with van der Waals surface area (Å²) in [5.41, 5.74) is 0.443. The van der Waals surface area contributed by atoms with Crippen molar-refractivity contribution in [3.63, 3.8) is 0 Å². The summed E-state index contributed by atoms with van der Waals surface area (Å²) in [5.74, 6) is -0.563. The molecular weight excluding hydrogens is 422 g/mol. The van der Waals surface area contributed by atoms with Gasteiger partial charge in [0.25, 0.3) is 5.56 Å². The fraction of sp³-hybridized carbons (Fsp3) is 0.412. The zero-order valence-corrected chi connectivity index (χ0v) is 17.1. The predicted octanol–water partition coefficient (Wildman–Crippen LogP) is 2.20. The molecule has 0 spiro atoms. The van der Waals surface area contributed by atoms with Crippen LogP contribution in [-0.4, -0.2) is 40.8 Å². The molecule has 1 aromatic heterocycles. The highest BCUT2D eigenvalue weighted by Gasteiger charge is 2.15. The summed E-state index contributed by atoms with van der Waals surface area (Å²) in [7, 11) is 1.26. The number of thioether (sulfide) groups is 1. The third-order valence-electron chi connectivity index (χ3n) is 3.42. The Morgan fingerprint density at radius 2 is 2.12 bits per heavy atom. The quantitative estimate of drug-likeness (QED) is 0.402. The van der Waals surface area contributed by atoms with E-state index < -0.39 is 5.97 Å². The fourth-order valence-corrected chi connectivity index (χ4v) is 3.43. The second-order valence-electron chi connectivity index (χ2n) is 6.01. The first kappa shape index (κ1) is 20.4. The minimum Gasteiger partial charge on any atom is -0.468 e. The van der Waals surface area contributed by atoms with E-state index in [-0.39, 0.29) is 29.7 Å². The van der Waals surface area contributed by atoms with Crippen LogP contribution in [0, 0.1) is 5.92 Å². The van der Waals surface area contributed by atoms with Crippen LogP contribution in [0.4, 0.5) is 0 Å². The second-order valence-corrected chi connectivity index (χ2v) is 7.87. The molecular formula is C17H20BrN3O4S. The Morgan fingerprint density at radius 3 is 2.77 bits per heavy atom. The van der Waals surface area contributed by atoms with Crippen LogP contribution in [0.2, 0.25) is 0 Å². The molecule has 0 atom stereocenters. The lowest BCUT2D eigenvalue weighted by Crippen LogP contribution is -2.32. The van der Waals surface area contributed by atoms with Gasteiger partial charge in [0.15, 0.2) is 5.16 Å². The molecule has 0 aliphatic carbocycles. The van der Waals surface area contributed by atoms with E-state index in [0.717, 1.165) is 4.47 Å². The van der Waals surface area contributed by atoms with E-state index in [1.54, 1.807) is 16.7 Å². The number of fused-ring (bicyclic) bond motifs is 1. The number of ether oxygens (including phenoxy) is 1. The van der Waals surface area contributed by atoms with Gasteiger partial charge in [0.2, 0.25) is 5.91 Å². The molecule has 9 heteroatoms. The molecule has 1 N–H and O–H groups in total. The van der Waals surface area contributed by atoms with E-state index in [0.29, 0.717) is 22.6 Å². The normalized spacial score (nSPS) is 11.0. The molecule has 0 fully saturated rings. The Kier molecular flexibility index (Phi) is 7.22. The topological polar surface area (TPSA) is 90.3 Å². The zero-order chi connectivity index (χ0) is 19.3. The third-order valence-corrected chi connectivity index (χ3v) is 4.89.